The number of rotatable bonds is 6. The van der Waals surface area contributed by atoms with Crippen molar-refractivity contribution in [3.05, 3.63) is 54.6 Å². The maximum Gasteiger partial charge on any atom is 0.313 e. The molecule has 1 atom stereocenters. The largest absolute Gasteiger partial charge is 0.497 e. The van der Waals surface area contributed by atoms with E-state index in [9.17, 15) is 18.0 Å². The van der Waals surface area contributed by atoms with E-state index < -0.39 is 27.9 Å². The summed E-state index contributed by atoms with van der Waals surface area (Å²) in [5, 5.41) is 5.04. The predicted octanol–water partition coefficient (Wildman–Crippen LogP) is 1.60. The van der Waals surface area contributed by atoms with Crippen LogP contribution in [-0.2, 0) is 19.6 Å². The topological polar surface area (TPSA) is 105 Å². The van der Waals surface area contributed by atoms with Crippen LogP contribution in [0, 0.1) is 0 Å². The van der Waals surface area contributed by atoms with Crippen LogP contribution in [0.3, 0.4) is 0 Å². The lowest BCUT2D eigenvalue weighted by Gasteiger charge is -2.24. The second-order valence-corrected chi connectivity index (χ2v) is 8.51. The number of hydrogen-bond donors (Lipinski definition) is 2. The highest BCUT2D eigenvalue weighted by Gasteiger charge is 2.35. The van der Waals surface area contributed by atoms with Gasteiger partial charge in [-0.1, -0.05) is 18.2 Å². The van der Waals surface area contributed by atoms with Gasteiger partial charge in [0.2, 0.25) is 10.0 Å². The van der Waals surface area contributed by atoms with Gasteiger partial charge in [0.15, 0.2) is 0 Å². The van der Waals surface area contributed by atoms with Gasteiger partial charge in [-0.3, -0.25) is 9.59 Å². The molecule has 2 aromatic carbocycles. The molecule has 0 aromatic heterocycles. The van der Waals surface area contributed by atoms with Gasteiger partial charge in [0.1, 0.15) is 5.75 Å². The van der Waals surface area contributed by atoms with Crippen LogP contribution in [0.5, 0.6) is 5.75 Å². The first kappa shape index (κ1) is 20.8. The SMILES string of the molecule is COc1ccc(NC(=O)C(=O)NCC2CCCN2S(=O)(=O)c2ccccc2)cc1. The first-order chi connectivity index (χ1) is 13.9. The Labute approximate surface area is 169 Å². The first-order valence-electron chi connectivity index (χ1n) is 9.22. The standard InChI is InChI=1S/C20H23N3O5S/c1-28-17-11-9-15(10-12-17)22-20(25)19(24)21-14-16-6-5-13-23(16)29(26,27)18-7-3-2-4-8-18/h2-4,7-12,16H,5-6,13-14H2,1H3,(H,21,24)(H,22,25). The highest BCUT2D eigenvalue weighted by atomic mass is 32.2. The molecule has 0 bridgehead atoms. The molecule has 0 spiro atoms. The van der Waals surface area contributed by atoms with E-state index in [2.05, 4.69) is 10.6 Å². The molecule has 154 valence electrons. The third kappa shape index (κ3) is 4.93. The summed E-state index contributed by atoms with van der Waals surface area (Å²) in [5.74, 6) is -0.996. The normalized spacial score (nSPS) is 16.9. The molecule has 2 N–H and O–H groups in total. The molecular formula is C20H23N3O5S. The molecule has 0 saturated carbocycles. The van der Waals surface area contributed by atoms with Crippen molar-refractivity contribution < 1.29 is 22.7 Å². The molecule has 1 unspecified atom stereocenters. The number of nitrogens with zero attached hydrogens (tertiary/aromatic N) is 1. The van der Waals surface area contributed by atoms with E-state index in [-0.39, 0.29) is 11.4 Å². The summed E-state index contributed by atoms with van der Waals surface area (Å²) >= 11 is 0. The quantitative estimate of drug-likeness (QED) is 0.695. The average Bonchev–Trinajstić information content (AvgIpc) is 3.22. The Morgan fingerprint density at radius 1 is 1.07 bits per heavy atom. The second-order valence-electron chi connectivity index (χ2n) is 6.62. The smallest absolute Gasteiger partial charge is 0.313 e. The maximum atomic E-state index is 12.8. The Kier molecular flexibility index (Phi) is 6.50. The molecule has 9 heteroatoms. The Morgan fingerprint density at radius 3 is 2.41 bits per heavy atom. The van der Waals surface area contributed by atoms with Crippen LogP contribution >= 0.6 is 0 Å². The lowest BCUT2D eigenvalue weighted by atomic mass is 10.2. The zero-order valence-electron chi connectivity index (χ0n) is 16.0. The predicted molar refractivity (Wildman–Crippen MR) is 108 cm³/mol. The van der Waals surface area contributed by atoms with Crippen LogP contribution in [0.4, 0.5) is 5.69 Å². The summed E-state index contributed by atoms with van der Waals surface area (Å²) in [7, 11) is -2.11. The fraction of sp³-hybridized carbons (Fsp3) is 0.300. The van der Waals surface area contributed by atoms with Crippen molar-refractivity contribution >= 4 is 27.5 Å². The number of amides is 2. The Bertz CT molecular complexity index is 961. The fourth-order valence-electron chi connectivity index (χ4n) is 3.21. The van der Waals surface area contributed by atoms with Gasteiger partial charge in [-0.2, -0.15) is 4.31 Å². The van der Waals surface area contributed by atoms with Crippen molar-refractivity contribution in [2.45, 2.75) is 23.8 Å². The van der Waals surface area contributed by atoms with Crippen LogP contribution in [0.1, 0.15) is 12.8 Å². The Hall–Kier alpha value is -2.91. The Morgan fingerprint density at radius 2 is 1.76 bits per heavy atom. The van der Waals surface area contributed by atoms with Gasteiger partial charge in [-0.05, 0) is 49.2 Å². The van der Waals surface area contributed by atoms with Gasteiger partial charge in [0.25, 0.3) is 0 Å². The van der Waals surface area contributed by atoms with Crippen LogP contribution in [-0.4, -0.2) is 50.8 Å². The summed E-state index contributed by atoms with van der Waals surface area (Å²) in [6, 6.07) is 14.4. The maximum absolute atomic E-state index is 12.8. The highest BCUT2D eigenvalue weighted by molar-refractivity contribution is 7.89. The van der Waals surface area contributed by atoms with Gasteiger partial charge in [-0.15, -0.1) is 0 Å². The fourth-order valence-corrected chi connectivity index (χ4v) is 4.92. The number of benzene rings is 2. The Balaban J connectivity index is 1.58. The van der Waals surface area contributed by atoms with Crippen LogP contribution in [0.15, 0.2) is 59.5 Å². The molecule has 8 nitrogen and oxygen atoms in total. The molecule has 0 radical (unpaired) electrons. The van der Waals surface area contributed by atoms with Gasteiger partial charge in [0.05, 0.1) is 12.0 Å². The number of nitrogens with one attached hydrogen (secondary N) is 2. The zero-order chi connectivity index (χ0) is 20.9. The van der Waals surface area contributed by atoms with Crippen molar-refractivity contribution in [1.82, 2.24) is 9.62 Å². The van der Waals surface area contributed by atoms with Gasteiger partial charge in [0, 0.05) is 24.8 Å². The highest BCUT2D eigenvalue weighted by Crippen LogP contribution is 2.25. The molecule has 1 fully saturated rings. The molecule has 2 aromatic rings. The minimum Gasteiger partial charge on any atom is -0.497 e. The molecule has 1 aliphatic rings. The average molecular weight is 417 g/mol. The van der Waals surface area contributed by atoms with E-state index in [1.807, 2.05) is 0 Å². The van der Waals surface area contributed by atoms with E-state index in [1.54, 1.807) is 54.6 Å². The third-order valence-electron chi connectivity index (χ3n) is 4.73. The van der Waals surface area contributed by atoms with E-state index in [4.69, 9.17) is 4.74 Å². The molecule has 1 aliphatic heterocycles. The molecule has 29 heavy (non-hydrogen) atoms. The van der Waals surface area contributed by atoms with Gasteiger partial charge >= 0.3 is 11.8 Å². The van der Waals surface area contributed by atoms with Crippen molar-refractivity contribution in [1.29, 1.82) is 0 Å². The summed E-state index contributed by atoms with van der Waals surface area (Å²) in [4.78, 5) is 24.4. The first-order valence-corrected chi connectivity index (χ1v) is 10.7. The van der Waals surface area contributed by atoms with Crippen molar-refractivity contribution in [2.75, 3.05) is 25.5 Å². The van der Waals surface area contributed by atoms with Crippen molar-refractivity contribution in [3.8, 4) is 5.75 Å². The van der Waals surface area contributed by atoms with Gasteiger partial charge in [-0.25, -0.2) is 8.42 Å². The minimum absolute atomic E-state index is 0.0704. The lowest BCUT2D eigenvalue weighted by molar-refractivity contribution is -0.136. The van der Waals surface area contributed by atoms with Crippen molar-refractivity contribution in [2.24, 2.45) is 0 Å². The summed E-state index contributed by atoms with van der Waals surface area (Å²) < 4.78 is 32.1. The monoisotopic (exact) mass is 417 g/mol. The summed E-state index contributed by atoms with van der Waals surface area (Å²) in [6.45, 7) is 0.455. The zero-order valence-corrected chi connectivity index (χ0v) is 16.8. The molecule has 1 heterocycles. The van der Waals surface area contributed by atoms with E-state index in [0.29, 0.717) is 30.8 Å². The van der Waals surface area contributed by atoms with E-state index in [0.717, 1.165) is 0 Å². The molecule has 2 amide bonds. The third-order valence-corrected chi connectivity index (χ3v) is 6.69. The summed E-state index contributed by atoms with van der Waals surface area (Å²) in [5.41, 5.74) is 0.458. The summed E-state index contributed by atoms with van der Waals surface area (Å²) in [6.07, 6.45) is 1.32. The second kappa shape index (κ2) is 9.06. The molecular weight excluding hydrogens is 394 g/mol. The van der Waals surface area contributed by atoms with Gasteiger partial charge < -0.3 is 15.4 Å². The number of hydrogen-bond acceptors (Lipinski definition) is 5. The number of sulfonamides is 1. The molecule has 0 aliphatic carbocycles. The minimum atomic E-state index is -3.64. The number of anilines is 1. The number of carbonyl (C=O) groups is 2. The molecule has 1 saturated heterocycles. The lowest BCUT2D eigenvalue weighted by Crippen LogP contribution is -2.45. The van der Waals surface area contributed by atoms with Crippen LogP contribution in [0.2, 0.25) is 0 Å². The number of carbonyl (C=O) groups excluding carboxylic acids is 2. The van der Waals surface area contributed by atoms with Crippen LogP contribution in [0.25, 0.3) is 0 Å². The number of methoxy groups -OCH3 is 1. The van der Waals surface area contributed by atoms with E-state index >= 15 is 0 Å². The van der Waals surface area contributed by atoms with Crippen LogP contribution < -0.4 is 15.4 Å². The van der Waals surface area contributed by atoms with Crippen molar-refractivity contribution in [3.63, 3.8) is 0 Å². The number of ether oxygens (including phenoxy) is 1. The van der Waals surface area contributed by atoms with E-state index in [1.165, 1.54) is 11.4 Å². The molecule has 3 rings (SSSR count).